The molecule has 1 aromatic carbocycles. The molecular weight excluding hydrogens is 243 g/mol. The van der Waals surface area contributed by atoms with Crippen LogP contribution in [-0.2, 0) is 6.18 Å². The average Bonchev–Trinajstić information content (AvgIpc) is 2.82. The quantitative estimate of drug-likeness (QED) is 0.823. The molecule has 1 aliphatic rings. The lowest BCUT2D eigenvalue weighted by atomic mass is 10.2. The molecule has 1 heterocycles. The zero-order chi connectivity index (χ0) is 13.0. The Balaban J connectivity index is 1.79. The highest BCUT2D eigenvalue weighted by Crippen LogP contribution is 2.30. The Hall–Kier alpha value is -1.23. The number of halogens is 3. The molecule has 1 aromatic rings. The topological polar surface area (TPSA) is 12.5 Å². The second kappa shape index (κ2) is 5.61. The third-order valence-electron chi connectivity index (χ3n) is 3.06. The van der Waals surface area contributed by atoms with Crippen molar-refractivity contribution in [1.82, 2.24) is 4.90 Å². The van der Waals surface area contributed by atoms with Gasteiger partial charge in [-0.1, -0.05) is 0 Å². The Morgan fingerprint density at radius 2 is 1.67 bits per heavy atom. The van der Waals surface area contributed by atoms with Crippen molar-refractivity contribution in [1.29, 1.82) is 0 Å². The molecule has 0 bridgehead atoms. The van der Waals surface area contributed by atoms with Crippen LogP contribution in [0.5, 0.6) is 5.75 Å². The van der Waals surface area contributed by atoms with E-state index in [9.17, 15) is 13.2 Å². The lowest BCUT2D eigenvalue weighted by molar-refractivity contribution is -0.137. The number of rotatable bonds is 4. The van der Waals surface area contributed by atoms with E-state index in [0.29, 0.717) is 12.4 Å². The predicted molar refractivity (Wildman–Crippen MR) is 62.6 cm³/mol. The maximum Gasteiger partial charge on any atom is 0.416 e. The second-order valence-electron chi connectivity index (χ2n) is 4.42. The number of ether oxygens (including phenoxy) is 1. The van der Waals surface area contributed by atoms with Gasteiger partial charge in [0.25, 0.3) is 0 Å². The summed E-state index contributed by atoms with van der Waals surface area (Å²) in [6.07, 6.45) is -1.84. The molecule has 100 valence electrons. The largest absolute Gasteiger partial charge is 0.492 e. The van der Waals surface area contributed by atoms with Crippen molar-refractivity contribution >= 4 is 0 Å². The monoisotopic (exact) mass is 259 g/mol. The van der Waals surface area contributed by atoms with Crippen LogP contribution in [-0.4, -0.2) is 31.1 Å². The summed E-state index contributed by atoms with van der Waals surface area (Å²) in [5, 5.41) is 0. The average molecular weight is 259 g/mol. The van der Waals surface area contributed by atoms with Crippen molar-refractivity contribution < 1.29 is 17.9 Å². The van der Waals surface area contributed by atoms with E-state index in [4.69, 9.17) is 4.74 Å². The van der Waals surface area contributed by atoms with E-state index in [1.165, 1.54) is 25.0 Å². The Kier molecular flexibility index (Phi) is 4.11. The van der Waals surface area contributed by atoms with Crippen molar-refractivity contribution in [2.24, 2.45) is 0 Å². The van der Waals surface area contributed by atoms with Gasteiger partial charge in [-0.25, -0.2) is 0 Å². The lowest BCUT2D eigenvalue weighted by Gasteiger charge is -2.15. The van der Waals surface area contributed by atoms with E-state index >= 15 is 0 Å². The molecule has 0 spiro atoms. The molecule has 1 fully saturated rings. The SMILES string of the molecule is FC(F)(F)c1ccc(OCCN2CCCC2)cc1. The highest BCUT2D eigenvalue weighted by atomic mass is 19.4. The van der Waals surface area contributed by atoms with Gasteiger partial charge >= 0.3 is 6.18 Å². The first-order valence-corrected chi connectivity index (χ1v) is 6.08. The second-order valence-corrected chi connectivity index (χ2v) is 4.42. The minimum absolute atomic E-state index is 0.488. The van der Waals surface area contributed by atoms with Gasteiger partial charge in [0, 0.05) is 6.54 Å². The van der Waals surface area contributed by atoms with E-state index < -0.39 is 11.7 Å². The Morgan fingerprint density at radius 1 is 1.06 bits per heavy atom. The van der Waals surface area contributed by atoms with Gasteiger partial charge in [-0.2, -0.15) is 13.2 Å². The molecular formula is C13H16F3NO. The fourth-order valence-electron chi connectivity index (χ4n) is 2.04. The van der Waals surface area contributed by atoms with E-state index in [1.54, 1.807) is 0 Å². The number of benzene rings is 1. The van der Waals surface area contributed by atoms with Crippen LogP contribution in [0.4, 0.5) is 13.2 Å². The smallest absolute Gasteiger partial charge is 0.416 e. The van der Waals surface area contributed by atoms with Crippen LogP contribution in [0.25, 0.3) is 0 Å². The number of likely N-dealkylation sites (tertiary alicyclic amines) is 1. The van der Waals surface area contributed by atoms with E-state index in [0.717, 1.165) is 31.8 Å². The standard InChI is InChI=1S/C13H16F3NO/c14-13(15,16)11-3-5-12(6-4-11)18-10-9-17-7-1-2-8-17/h3-6H,1-2,7-10H2. The summed E-state index contributed by atoms with van der Waals surface area (Å²) in [5.41, 5.74) is -0.644. The number of alkyl halides is 3. The maximum absolute atomic E-state index is 12.3. The number of nitrogens with zero attached hydrogens (tertiary/aromatic N) is 1. The fraction of sp³-hybridized carbons (Fsp3) is 0.538. The van der Waals surface area contributed by atoms with Gasteiger partial charge < -0.3 is 4.74 Å². The normalized spacial score (nSPS) is 17.1. The summed E-state index contributed by atoms with van der Waals surface area (Å²) < 4.78 is 42.4. The van der Waals surface area contributed by atoms with Crippen molar-refractivity contribution in [3.63, 3.8) is 0 Å². The highest BCUT2D eigenvalue weighted by Gasteiger charge is 2.29. The summed E-state index contributed by atoms with van der Waals surface area (Å²) in [5.74, 6) is 0.488. The van der Waals surface area contributed by atoms with Gasteiger partial charge in [0.1, 0.15) is 12.4 Å². The number of hydrogen-bond donors (Lipinski definition) is 0. The lowest BCUT2D eigenvalue weighted by Crippen LogP contribution is -2.25. The Morgan fingerprint density at radius 3 is 2.22 bits per heavy atom. The van der Waals surface area contributed by atoms with Crippen LogP contribution in [0.1, 0.15) is 18.4 Å². The summed E-state index contributed by atoms with van der Waals surface area (Å²) in [6.45, 7) is 3.54. The van der Waals surface area contributed by atoms with Crippen molar-refractivity contribution in [3.8, 4) is 5.75 Å². The van der Waals surface area contributed by atoms with Gasteiger partial charge in [-0.15, -0.1) is 0 Å². The molecule has 2 rings (SSSR count). The van der Waals surface area contributed by atoms with Crippen molar-refractivity contribution in [2.75, 3.05) is 26.2 Å². The molecule has 2 nitrogen and oxygen atoms in total. The van der Waals surface area contributed by atoms with Gasteiger partial charge in [-0.3, -0.25) is 4.90 Å². The zero-order valence-electron chi connectivity index (χ0n) is 10.0. The third-order valence-corrected chi connectivity index (χ3v) is 3.06. The predicted octanol–water partition coefficient (Wildman–Crippen LogP) is 3.18. The van der Waals surface area contributed by atoms with E-state index in [-0.39, 0.29) is 0 Å². The van der Waals surface area contributed by atoms with E-state index in [2.05, 4.69) is 4.90 Å². The third kappa shape index (κ3) is 3.63. The molecule has 0 N–H and O–H groups in total. The highest BCUT2D eigenvalue weighted by molar-refractivity contribution is 5.28. The van der Waals surface area contributed by atoms with Gasteiger partial charge in [-0.05, 0) is 50.2 Å². The van der Waals surface area contributed by atoms with Crippen LogP contribution in [0.3, 0.4) is 0 Å². The molecule has 1 saturated heterocycles. The van der Waals surface area contributed by atoms with Gasteiger partial charge in [0.05, 0.1) is 5.56 Å². The molecule has 0 aliphatic carbocycles. The van der Waals surface area contributed by atoms with Crippen LogP contribution in [0.2, 0.25) is 0 Å². The molecule has 0 radical (unpaired) electrons. The van der Waals surface area contributed by atoms with Crippen molar-refractivity contribution in [3.05, 3.63) is 29.8 Å². The first-order valence-electron chi connectivity index (χ1n) is 6.08. The molecule has 1 aliphatic heterocycles. The van der Waals surface area contributed by atoms with Crippen LogP contribution in [0.15, 0.2) is 24.3 Å². The summed E-state index contributed by atoms with van der Waals surface area (Å²) in [6, 6.07) is 4.83. The molecule has 18 heavy (non-hydrogen) atoms. The molecule has 0 amide bonds. The Labute approximate surface area is 104 Å². The van der Waals surface area contributed by atoms with Gasteiger partial charge in [0.2, 0.25) is 0 Å². The van der Waals surface area contributed by atoms with Gasteiger partial charge in [0.15, 0.2) is 0 Å². The molecule has 0 saturated carbocycles. The minimum atomic E-state index is -4.28. The zero-order valence-corrected chi connectivity index (χ0v) is 10.0. The van der Waals surface area contributed by atoms with Crippen LogP contribution >= 0.6 is 0 Å². The summed E-state index contributed by atoms with van der Waals surface area (Å²) in [4.78, 5) is 2.30. The summed E-state index contributed by atoms with van der Waals surface area (Å²) >= 11 is 0. The number of hydrogen-bond acceptors (Lipinski definition) is 2. The van der Waals surface area contributed by atoms with Crippen LogP contribution < -0.4 is 4.74 Å². The molecule has 0 atom stereocenters. The van der Waals surface area contributed by atoms with Crippen molar-refractivity contribution in [2.45, 2.75) is 19.0 Å². The molecule has 5 heteroatoms. The fourth-order valence-corrected chi connectivity index (χ4v) is 2.04. The van der Waals surface area contributed by atoms with E-state index in [1.807, 2.05) is 0 Å². The molecule has 0 unspecified atom stereocenters. The minimum Gasteiger partial charge on any atom is -0.492 e. The maximum atomic E-state index is 12.3. The Bertz CT molecular complexity index is 369. The first kappa shape index (κ1) is 13.2. The molecule has 0 aromatic heterocycles. The summed E-state index contributed by atoms with van der Waals surface area (Å²) in [7, 11) is 0. The first-order chi connectivity index (χ1) is 8.55. The van der Waals surface area contributed by atoms with Crippen LogP contribution in [0, 0.1) is 0 Å².